The Morgan fingerprint density at radius 2 is 1.95 bits per heavy atom. The second-order valence-electron chi connectivity index (χ2n) is 6.13. The molecule has 0 bridgehead atoms. The predicted molar refractivity (Wildman–Crippen MR) is 83.3 cm³/mol. The molecule has 2 aliphatic rings. The Morgan fingerprint density at radius 3 is 2.64 bits per heavy atom. The van der Waals surface area contributed by atoms with Gasteiger partial charge in [-0.2, -0.15) is 0 Å². The van der Waals surface area contributed by atoms with E-state index in [1.165, 1.54) is 12.0 Å². The number of hydrogen-bond acceptors (Lipinski definition) is 2. The van der Waals surface area contributed by atoms with Gasteiger partial charge in [0.25, 0.3) is 0 Å². The van der Waals surface area contributed by atoms with Crippen LogP contribution in [0.1, 0.15) is 43.2 Å². The molecule has 1 aromatic rings. The van der Waals surface area contributed by atoms with E-state index in [2.05, 4.69) is 6.08 Å². The van der Waals surface area contributed by atoms with E-state index < -0.39 is 12.0 Å². The molecule has 1 amide bonds. The van der Waals surface area contributed by atoms with Crippen LogP contribution in [0.5, 0.6) is 0 Å². The highest BCUT2D eigenvalue weighted by Crippen LogP contribution is 2.26. The largest absolute Gasteiger partial charge is 0.480 e. The first-order chi connectivity index (χ1) is 10.6. The van der Waals surface area contributed by atoms with Crippen molar-refractivity contribution in [3.05, 3.63) is 47.0 Å². The molecule has 116 valence electrons. The van der Waals surface area contributed by atoms with Crippen molar-refractivity contribution in [3.63, 3.8) is 0 Å². The summed E-state index contributed by atoms with van der Waals surface area (Å²) in [4.78, 5) is 25.7. The number of hydrogen-bond donors (Lipinski definition) is 1. The van der Waals surface area contributed by atoms with Crippen LogP contribution in [0.2, 0.25) is 0 Å². The number of allylic oxidation sites excluding steroid dienone is 1. The molecule has 0 aromatic heterocycles. The Labute approximate surface area is 130 Å². The highest BCUT2D eigenvalue weighted by molar-refractivity contribution is 5.85. The van der Waals surface area contributed by atoms with E-state index in [4.69, 9.17) is 0 Å². The average molecular weight is 299 g/mol. The van der Waals surface area contributed by atoms with Gasteiger partial charge < -0.3 is 10.0 Å². The lowest BCUT2D eigenvalue weighted by molar-refractivity contribution is -0.151. The number of benzene rings is 1. The second-order valence-corrected chi connectivity index (χ2v) is 6.13. The molecule has 1 aromatic carbocycles. The van der Waals surface area contributed by atoms with E-state index >= 15 is 0 Å². The highest BCUT2D eigenvalue weighted by Gasteiger charge is 2.34. The van der Waals surface area contributed by atoms with Crippen LogP contribution in [-0.4, -0.2) is 27.9 Å². The van der Waals surface area contributed by atoms with Gasteiger partial charge >= 0.3 is 5.97 Å². The van der Waals surface area contributed by atoms with Gasteiger partial charge in [-0.25, -0.2) is 4.79 Å². The summed E-state index contributed by atoms with van der Waals surface area (Å²) in [7, 11) is 0. The standard InChI is InChI=1S/C18H21NO3/c20-17(10-13-6-2-1-3-7-13)19-12-15-9-5-4-8-14(15)11-16(19)18(21)22/h4-6,8-9,16H,1-3,7,10-12H2,(H,21,22). The van der Waals surface area contributed by atoms with E-state index in [9.17, 15) is 14.7 Å². The summed E-state index contributed by atoms with van der Waals surface area (Å²) in [6.45, 7) is 0.402. The number of rotatable bonds is 3. The quantitative estimate of drug-likeness (QED) is 0.873. The van der Waals surface area contributed by atoms with Gasteiger partial charge in [-0.1, -0.05) is 35.9 Å². The molecule has 3 rings (SSSR count). The topological polar surface area (TPSA) is 57.6 Å². The van der Waals surface area contributed by atoms with Gasteiger partial charge in [0, 0.05) is 19.4 Å². The number of carboxylic acid groups (broad SMARTS) is 1. The Balaban J connectivity index is 1.79. The number of nitrogens with zero attached hydrogens (tertiary/aromatic N) is 1. The van der Waals surface area contributed by atoms with Crippen molar-refractivity contribution in [1.82, 2.24) is 4.90 Å². The maximum Gasteiger partial charge on any atom is 0.326 e. The maximum atomic E-state index is 12.6. The fourth-order valence-electron chi connectivity index (χ4n) is 3.37. The van der Waals surface area contributed by atoms with Crippen molar-refractivity contribution >= 4 is 11.9 Å². The van der Waals surface area contributed by atoms with Crippen LogP contribution in [0.4, 0.5) is 0 Å². The Bertz CT molecular complexity index is 621. The summed E-state index contributed by atoms with van der Waals surface area (Å²) in [5, 5.41) is 9.48. The fourth-order valence-corrected chi connectivity index (χ4v) is 3.37. The summed E-state index contributed by atoms with van der Waals surface area (Å²) >= 11 is 0. The molecular formula is C18H21NO3. The molecule has 0 saturated carbocycles. The average Bonchev–Trinajstić information content (AvgIpc) is 2.54. The molecule has 4 heteroatoms. The molecule has 1 unspecified atom stereocenters. The number of fused-ring (bicyclic) bond motifs is 1. The van der Waals surface area contributed by atoms with E-state index in [0.29, 0.717) is 19.4 Å². The molecule has 22 heavy (non-hydrogen) atoms. The van der Waals surface area contributed by atoms with Crippen LogP contribution in [0, 0.1) is 0 Å². The van der Waals surface area contributed by atoms with Crippen molar-refractivity contribution in [2.45, 2.75) is 51.1 Å². The highest BCUT2D eigenvalue weighted by atomic mass is 16.4. The first-order valence-electron chi connectivity index (χ1n) is 7.92. The number of carbonyl (C=O) groups is 2. The zero-order valence-electron chi connectivity index (χ0n) is 12.6. The molecule has 0 spiro atoms. The smallest absolute Gasteiger partial charge is 0.326 e. The number of aliphatic carboxylic acids is 1. The first-order valence-corrected chi connectivity index (χ1v) is 7.92. The van der Waals surface area contributed by atoms with Crippen molar-refractivity contribution in [3.8, 4) is 0 Å². The molecule has 1 N–H and O–H groups in total. The lowest BCUT2D eigenvalue weighted by Gasteiger charge is -2.35. The van der Waals surface area contributed by atoms with Gasteiger partial charge in [0.15, 0.2) is 0 Å². The van der Waals surface area contributed by atoms with Crippen LogP contribution in [0.15, 0.2) is 35.9 Å². The Hall–Kier alpha value is -2.10. The monoisotopic (exact) mass is 299 g/mol. The van der Waals surface area contributed by atoms with Gasteiger partial charge in [-0.05, 0) is 36.8 Å². The Kier molecular flexibility index (Phi) is 4.27. The summed E-state index contributed by atoms with van der Waals surface area (Å²) in [6.07, 6.45) is 7.23. The first kappa shape index (κ1) is 14.8. The summed E-state index contributed by atoms with van der Waals surface area (Å²) in [5.41, 5.74) is 3.26. The number of carbonyl (C=O) groups excluding carboxylic acids is 1. The van der Waals surface area contributed by atoms with Gasteiger partial charge in [0.2, 0.25) is 5.91 Å². The molecule has 0 saturated heterocycles. The SMILES string of the molecule is O=C(O)C1Cc2ccccc2CN1C(=O)CC1=CCCCC1. The van der Waals surface area contributed by atoms with Crippen LogP contribution in [0.3, 0.4) is 0 Å². The third-order valence-corrected chi connectivity index (χ3v) is 4.62. The zero-order chi connectivity index (χ0) is 15.5. The number of amides is 1. The second kappa shape index (κ2) is 6.34. The molecule has 1 heterocycles. The molecule has 1 atom stereocenters. The molecule has 0 fully saturated rings. The van der Waals surface area contributed by atoms with Crippen LogP contribution < -0.4 is 0 Å². The van der Waals surface area contributed by atoms with Gasteiger partial charge in [0.1, 0.15) is 6.04 Å². The zero-order valence-corrected chi connectivity index (χ0v) is 12.6. The lowest BCUT2D eigenvalue weighted by Crippen LogP contribution is -2.48. The number of carboxylic acids is 1. The third kappa shape index (κ3) is 3.06. The minimum Gasteiger partial charge on any atom is -0.480 e. The minimum absolute atomic E-state index is 0.0601. The van der Waals surface area contributed by atoms with E-state index in [0.717, 1.165) is 30.4 Å². The van der Waals surface area contributed by atoms with Gasteiger partial charge in [-0.15, -0.1) is 0 Å². The summed E-state index contributed by atoms with van der Waals surface area (Å²) < 4.78 is 0. The molecule has 1 aliphatic heterocycles. The van der Waals surface area contributed by atoms with E-state index in [1.54, 1.807) is 4.90 Å². The van der Waals surface area contributed by atoms with Gasteiger partial charge in [0.05, 0.1) is 0 Å². The van der Waals surface area contributed by atoms with Crippen molar-refractivity contribution in [2.75, 3.05) is 0 Å². The molecule has 4 nitrogen and oxygen atoms in total. The van der Waals surface area contributed by atoms with Crippen LogP contribution >= 0.6 is 0 Å². The van der Waals surface area contributed by atoms with Crippen molar-refractivity contribution in [2.24, 2.45) is 0 Å². The van der Waals surface area contributed by atoms with Gasteiger partial charge in [-0.3, -0.25) is 4.79 Å². The van der Waals surface area contributed by atoms with E-state index in [1.807, 2.05) is 24.3 Å². The minimum atomic E-state index is -0.916. The summed E-state index contributed by atoms with van der Waals surface area (Å²) in [5.74, 6) is -0.976. The Morgan fingerprint density at radius 1 is 1.18 bits per heavy atom. The van der Waals surface area contributed by atoms with Crippen LogP contribution in [0.25, 0.3) is 0 Å². The molecular weight excluding hydrogens is 278 g/mol. The fraction of sp³-hybridized carbons (Fsp3) is 0.444. The van der Waals surface area contributed by atoms with Crippen molar-refractivity contribution < 1.29 is 14.7 Å². The van der Waals surface area contributed by atoms with E-state index in [-0.39, 0.29) is 5.91 Å². The molecule has 1 aliphatic carbocycles. The summed E-state index contributed by atoms with van der Waals surface area (Å²) in [6, 6.07) is 7.05. The normalized spacial score (nSPS) is 21.0. The predicted octanol–water partition coefficient (Wildman–Crippen LogP) is 2.92. The third-order valence-electron chi connectivity index (χ3n) is 4.62. The van der Waals surface area contributed by atoms with Crippen molar-refractivity contribution in [1.29, 1.82) is 0 Å². The van der Waals surface area contributed by atoms with Crippen LogP contribution in [-0.2, 0) is 22.6 Å². The lowest BCUT2D eigenvalue weighted by atomic mass is 9.92. The molecule has 0 radical (unpaired) electrons. The maximum absolute atomic E-state index is 12.6.